The van der Waals surface area contributed by atoms with E-state index in [1.54, 1.807) is 18.2 Å². The van der Waals surface area contributed by atoms with Crippen LogP contribution in [-0.2, 0) is 4.74 Å². The third-order valence-corrected chi connectivity index (χ3v) is 2.73. The summed E-state index contributed by atoms with van der Waals surface area (Å²) in [6.45, 7) is 6.16. The summed E-state index contributed by atoms with van der Waals surface area (Å²) in [6.07, 6.45) is 0.780. The van der Waals surface area contributed by atoms with E-state index in [0.717, 1.165) is 13.0 Å². The minimum absolute atomic E-state index is 0.190. The number of para-hydroxylation sites is 1. The van der Waals surface area contributed by atoms with Crippen LogP contribution in [0.2, 0.25) is 0 Å². The number of hydrogen-bond acceptors (Lipinski definition) is 4. The molecule has 1 aromatic rings. The van der Waals surface area contributed by atoms with Crippen molar-refractivity contribution < 1.29 is 14.3 Å². The van der Waals surface area contributed by atoms with Gasteiger partial charge in [0, 0.05) is 19.8 Å². The van der Waals surface area contributed by atoms with Crippen molar-refractivity contribution >= 4 is 11.6 Å². The topological polar surface area (TPSA) is 73.6 Å². The molecule has 0 spiro atoms. The van der Waals surface area contributed by atoms with E-state index in [1.807, 2.05) is 0 Å². The predicted octanol–water partition coefficient (Wildman–Crippen LogP) is 2.07. The van der Waals surface area contributed by atoms with Gasteiger partial charge in [0.2, 0.25) is 0 Å². The SMILES string of the molecule is COc1cccc(C(=O)NCCCOCC(C)C)c1N. The Bertz CT molecular complexity index is 433. The van der Waals surface area contributed by atoms with Gasteiger partial charge < -0.3 is 20.5 Å². The summed E-state index contributed by atoms with van der Waals surface area (Å²) in [7, 11) is 1.53. The molecule has 3 N–H and O–H groups in total. The van der Waals surface area contributed by atoms with Crippen LogP contribution >= 0.6 is 0 Å². The van der Waals surface area contributed by atoms with Crippen molar-refractivity contribution in [1.29, 1.82) is 0 Å². The lowest BCUT2D eigenvalue weighted by Gasteiger charge is -2.11. The minimum Gasteiger partial charge on any atom is -0.495 e. The van der Waals surface area contributed by atoms with Crippen molar-refractivity contribution in [3.63, 3.8) is 0 Å². The molecule has 112 valence electrons. The van der Waals surface area contributed by atoms with Gasteiger partial charge in [0.1, 0.15) is 5.75 Å². The monoisotopic (exact) mass is 280 g/mol. The van der Waals surface area contributed by atoms with Crippen LogP contribution in [-0.4, -0.2) is 32.8 Å². The van der Waals surface area contributed by atoms with Gasteiger partial charge in [0.25, 0.3) is 5.91 Å². The van der Waals surface area contributed by atoms with E-state index in [2.05, 4.69) is 19.2 Å². The van der Waals surface area contributed by atoms with Crippen LogP contribution in [0.5, 0.6) is 5.75 Å². The Hall–Kier alpha value is -1.75. The Labute approximate surface area is 120 Å². The summed E-state index contributed by atoms with van der Waals surface area (Å²) in [5.74, 6) is 0.851. The zero-order valence-electron chi connectivity index (χ0n) is 12.4. The number of carbonyl (C=O) groups excluding carboxylic acids is 1. The first-order chi connectivity index (χ1) is 9.56. The quantitative estimate of drug-likeness (QED) is 0.565. The zero-order valence-corrected chi connectivity index (χ0v) is 12.4. The van der Waals surface area contributed by atoms with Gasteiger partial charge in [-0.05, 0) is 24.5 Å². The summed E-state index contributed by atoms with van der Waals surface area (Å²) < 4.78 is 10.5. The summed E-state index contributed by atoms with van der Waals surface area (Å²) in [4.78, 5) is 12.0. The maximum absolute atomic E-state index is 12.0. The first-order valence-electron chi connectivity index (χ1n) is 6.84. The first kappa shape index (κ1) is 16.3. The molecule has 0 bridgehead atoms. The predicted molar refractivity (Wildman–Crippen MR) is 80.0 cm³/mol. The molecule has 0 aliphatic rings. The molecule has 0 radical (unpaired) electrons. The molecule has 1 rings (SSSR count). The molecule has 0 aromatic heterocycles. The van der Waals surface area contributed by atoms with Gasteiger partial charge in [0.05, 0.1) is 18.4 Å². The van der Waals surface area contributed by atoms with E-state index in [9.17, 15) is 4.79 Å². The van der Waals surface area contributed by atoms with Gasteiger partial charge in [-0.15, -0.1) is 0 Å². The molecule has 0 unspecified atom stereocenters. The van der Waals surface area contributed by atoms with Crippen molar-refractivity contribution in [3.05, 3.63) is 23.8 Å². The molecule has 1 amide bonds. The number of benzene rings is 1. The number of ether oxygens (including phenoxy) is 2. The summed E-state index contributed by atoms with van der Waals surface area (Å²) in [5.41, 5.74) is 6.67. The maximum Gasteiger partial charge on any atom is 0.253 e. The highest BCUT2D eigenvalue weighted by atomic mass is 16.5. The Kier molecular flexibility index (Phi) is 6.87. The fraction of sp³-hybridized carbons (Fsp3) is 0.533. The van der Waals surface area contributed by atoms with Crippen LogP contribution < -0.4 is 15.8 Å². The van der Waals surface area contributed by atoms with Gasteiger partial charge in [-0.25, -0.2) is 0 Å². The van der Waals surface area contributed by atoms with E-state index < -0.39 is 0 Å². The molecule has 1 aromatic carbocycles. The number of nitrogens with one attached hydrogen (secondary N) is 1. The highest BCUT2D eigenvalue weighted by Gasteiger charge is 2.12. The maximum atomic E-state index is 12.0. The van der Waals surface area contributed by atoms with E-state index in [1.165, 1.54) is 7.11 Å². The molecule has 0 heterocycles. The third kappa shape index (κ3) is 5.09. The minimum atomic E-state index is -0.190. The number of hydrogen-bond donors (Lipinski definition) is 2. The molecular formula is C15H24N2O3. The van der Waals surface area contributed by atoms with E-state index in [0.29, 0.717) is 36.1 Å². The van der Waals surface area contributed by atoms with Gasteiger partial charge in [0.15, 0.2) is 0 Å². The lowest BCUT2D eigenvalue weighted by atomic mass is 10.1. The standard InChI is InChI=1S/C15H24N2O3/c1-11(2)10-20-9-5-8-17-15(18)12-6-4-7-13(19-3)14(12)16/h4,6-7,11H,5,8-10,16H2,1-3H3,(H,17,18). The zero-order chi connectivity index (χ0) is 15.0. The number of anilines is 1. The number of nitrogen functional groups attached to an aromatic ring is 1. The molecule has 0 fully saturated rings. The fourth-order valence-corrected chi connectivity index (χ4v) is 1.71. The summed E-state index contributed by atoms with van der Waals surface area (Å²) >= 11 is 0. The van der Waals surface area contributed by atoms with Crippen molar-refractivity contribution in [2.75, 3.05) is 32.6 Å². The molecule has 0 aliphatic carbocycles. The summed E-state index contributed by atoms with van der Waals surface area (Å²) in [6, 6.07) is 5.16. The molecule has 0 aliphatic heterocycles. The van der Waals surface area contributed by atoms with Crippen molar-refractivity contribution in [2.45, 2.75) is 20.3 Å². The number of methoxy groups -OCH3 is 1. The fourth-order valence-electron chi connectivity index (χ4n) is 1.71. The second kappa shape index (κ2) is 8.43. The molecule has 5 nitrogen and oxygen atoms in total. The average Bonchev–Trinajstić information content (AvgIpc) is 2.42. The molecule has 0 saturated heterocycles. The smallest absolute Gasteiger partial charge is 0.253 e. The lowest BCUT2D eigenvalue weighted by molar-refractivity contribution is 0.0925. The van der Waals surface area contributed by atoms with Crippen LogP contribution in [0.3, 0.4) is 0 Å². The number of amides is 1. The van der Waals surface area contributed by atoms with E-state index in [-0.39, 0.29) is 5.91 Å². The number of carbonyl (C=O) groups is 1. The van der Waals surface area contributed by atoms with E-state index in [4.69, 9.17) is 15.2 Å². The second-order valence-electron chi connectivity index (χ2n) is 5.00. The molecular weight excluding hydrogens is 256 g/mol. The Morgan fingerprint density at radius 3 is 2.80 bits per heavy atom. The molecule has 0 saturated carbocycles. The van der Waals surface area contributed by atoms with Crippen LogP contribution in [0.25, 0.3) is 0 Å². The Balaban J connectivity index is 2.36. The molecule has 5 heteroatoms. The van der Waals surface area contributed by atoms with Crippen LogP contribution in [0, 0.1) is 5.92 Å². The van der Waals surface area contributed by atoms with Crippen molar-refractivity contribution in [2.24, 2.45) is 5.92 Å². The normalized spacial score (nSPS) is 10.6. The largest absolute Gasteiger partial charge is 0.495 e. The van der Waals surface area contributed by atoms with Gasteiger partial charge >= 0.3 is 0 Å². The Morgan fingerprint density at radius 2 is 2.15 bits per heavy atom. The van der Waals surface area contributed by atoms with Crippen molar-refractivity contribution in [1.82, 2.24) is 5.32 Å². The summed E-state index contributed by atoms with van der Waals surface area (Å²) in [5, 5.41) is 2.82. The van der Waals surface area contributed by atoms with Crippen LogP contribution in [0.15, 0.2) is 18.2 Å². The Morgan fingerprint density at radius 1 is 1.40 bits per heavy atom. The lowest BCUT2D eigenvalue weighted by Crippen LogP contribution is -2.26. The highest BCUT2D eigenvalue weighted by Crippen LogP contribution is 2.24. The first-order valence-corrected chi connectivity index (χ1v) is 6.84. The van der Waals surface area contributed by atoms with Gasteiger partial charge in [-0.1, -0.05) is 19.9 Å². The third-order valence-electron chi connectivity index (χ3n) is 2.73. The highest BCUT2D eigenvalue weighted by molar-refractivity contribution is 6.00. The van der Waals surface area contributed by atoms with Crippen molar-refractivity contribution in [3.8, 4) is 5.75 Å². The number of rotatable bonds is 8. The van der Waals surface area contributed by atoms with Crippen LogP contribution in [0.1, 0.15) is 30.6 Å². The van der Waals surface area contributed by atoms with E-state index >= 15 is 0 Å². The number of nitrogens with two attached hydrogens (primary N) is 1. The van der Waals surface area contributed by atoms with Crippen LogP contribution in [0.4, 0.5) is 5.69 Å². The second-order valence-corrected chi connectivity index (χ2v) is 5.00. The molecule has 0 atom stereocenters. The average molecular weight is 280 g/mol. The molecule has 20 heavy (non-hydrogen) atoms. The van der Waals surface area contributed by atoms with Gasteiger partial charge in [-0.3, -0.25) is 4.79 Å². The van der Waals surface area contributed by atoms with Gasteiger partial charge in [-0.2, -0.15) is 0 Å².